The molecule has 0 bridgehead atoms. The average Bonchev–Trinajstić information content (AvgIpc) is 3.25. The van der Waals surface area contributed by atoms with E-state index in [-0.39, 0.29) is 26.4 Å². The highest BCUT2D eigenvalue weighted by atomic mass is 79.9. The number of benzene rings is 8. The molecule has 8 aromatic rings. The molecule has 2 N–H and O–H groups in total. The van der Waals surface area contributed by atoms with Gasteiger partial charge in [-0.1, -0.05) is 153 Å². The van der Waals surface area contributed by atoms with E-state index in [1.54, 1.807) is 0 Å². The van der Waals surface area contributed by atoms with E-state index in [0.29, 0.717) is 24.7 Å². The zero-order valence-corrected chi connectivity index (χ0v) is 34.0. The van der Waals surface area contributed by atoms with E-state index in [0.717, 1.165) is 76.7 Å². The van der Waals surface area contributed by atoms with Crippen molar-refractivity contribution < 1.29 is 29.2 Å². The van der Waals surface area contributed by atoms with Gasteiger partial charge in [-0.3, -0.25) is 0 Å². The molecular formula is C48H42Br2O6. The monoisotopic (exact) mass is 872 g/mol. The van der Waals surface area contributed by atoms with E-state index >= 15 is 0 Å². The second-order valence-corrected chi connectivity index (χ2v) is 14.4. The summed E-state index contributed by atoms with van der Waals surface area (Å²) in [7, 11) is 0. The number of halogens is 2. The molecule has 8 heteroatoms. The third-order valence-electron chi connectivity index (χ3n) is 9.43. The number of hydrogen-bond acceptors (Lipinski definition) is 6. The molecule has 0 aliphatic heterocycles. The third kappa shape index (κ3) is 8.49. The van der Waals surface area contributed by atoms with Crippen molar-refractivity contribution in [1.29, 1.82) is 0 Å². The van der Waals surface area contributed by atoms with Gasteiger partial charge in [0.15, 0.2) is 0 Å². The van der Waals surface area contributed by atoms with Crippen LogP contribution < -0.4 is 18.9 Å². The maximum atomic E-state index is 9.27. The highest BCUT2D eigenvalue weighted by Crippen LogP contribution is 2.47. The number of aliphatic hydroxyl groups is 2. The molecule has 284 valence electrons. The number of hydrogen-bond donors (Lipinski definition) is 2. The molecule has 0 saturated carbocycles. The Labute approximate surface area is 343 Å². The molecule has 0 fully saturated rings. The number of fused-ring (bicyclic) bond motifs is 4. The molecule has 8 aromatic carbocycles. The van der Waals surface area contributed by atoms with Crippen molar-refractivity contribution in [1.82, 2.24) is 0 Å². The summed E-state index contributed by atoms with van der Waals surface area (Å²) in [5.74, 6) is 3.13. The summed E-state index contributed by atoms with van der Waals surface area (Å²) in [5, 5.41) is 29.1. The van der Waals surface area contributed by atoms with E-state index in [1.807, 2.05) is 48.5 Å². The molecule has 6 nitrogen and oxygen atoms in total. The summed E-state index contributed by atoms with van der Waals surface area (Å²) in [5.41, 5.74) is 4.02. The minimum Gasteiger partial charge on any atom is -0.492 e. The van der Waals surface area contributed by atoms with Gasteiger partial charge in [0.1, 0.15) is 36.2 Å². The zero-order valence-electron chi connectivity index (χ0n) is 30.8. The predicted octanol–water partition coefficient (Wildman–Crippen LogP) is 11.6. The van der Waals surface area contributed by atoms with Crippen LogP contribution in [0.2, 0.25) is 0 Å². The maximum absolute atomic E-state index is 9.27. The second kappa shape index (κ2) is 19.2. The van der Waals surface area contributed by atoms with Crippen LogP contribution in [0.25, 0.3) is 65.3 Å². The van der Waals surface area contributed by atoms with Gasteiger partial charge in [0, 0.05) is 32.9 Å². The largest absolute Gasteiger partial charge is 0.492 e. The first-order valence-corrected chi connectivity index (χ1v) is 20.8. The highest BCUT2D eigenvalue weighted by molar-refractivity contribution is 9.09. The lowest BCUT2D eigenvalue weighted by molar-refractivity contribution is 0.200. The Morgan fingerprint density at radius 2 is 0.571 bits per heavy atom. The van der Waals surface area contributed by atoms with Crippen molar-refractivity contribution in [3.63, 3.8) is 0 Å². The van der Waals surface area contributed by atoms with E-state index in [2.05, 4.69) is 129 Å². The molecule has 0 heterocycles. The van der Waals surface area contributed by atoms with Crippen molar-refractivity contribution in [3.8, 4) is 45.3 Å². The van der Waals surface area contributed by atoms with Crippen LogP contribution in [0.4, 0.5) is 0 Å². The molecule has 0 aromatic heterocycles. The van der Waals surface area contributed by atoms with Gasteiger partial charge in [0.05, 0.1) is 26.4 Å². The summed E-state index contributed by atoms with van der Waals surface area (Å²) in [6.07, 6.45) is 0. The van der Waals surface area contributed by atoms with Crippen LogP contribution in [-0.2, 0) is 0 Å². The average molecular weight is 875 g/mol. The molecule has 0 radical (unpaired) electrons. The zero-order chi connectivity index (χ0) is 38.7. The van der Waals surface area contributed by atoms with Crippen molar-refractivity contribution >= 4 is 74.9 Å². The van der Waals surface area contributed by atoms with Gasteiger partial charge in [0.25, 0.3) is 0 Å². The summed E-state index contributed by atoms with van der Waals surface area (Å²) < 4.78 is 24.1. The quantitative estimate of drug-likeness (QED) is 0.106. The summed E-state index contributed by atoms with van der Waals surface area (Å²) in [6.45, 7) is 1.51. The fourth-order valence-corrected chi connectivity index (χ4v) is 7.45. The number of rotatable bonds is 14. The summed E-state index contributed by atoms with van der Waals surface area (Å²) >= 11 is 6.94. The Morgan fingerprint density at radius 3 is 0.821 bits per heavy atom. The first-order valence-electron chi connectivity index (χ1n) is 18.6. The Kier molecular flexibility index (Phi) is 13.4. The molecule has 0 saturated heterocycles. The van der Waals surface area contributed by atoms with E-state index in [4.69, 9.17) is 18.9 Å². The van der Waals surface area contributed by atoms with Crippen molar-refractivity contribution in [3.05, 3.63) is 146 Å². The number of alkyl halides is 2. The van der Waals surface area contributed by atoms with Crippen LogP contribution in [0.15, 0.2) is 146 Å². The fraction of sp³-hybridized carbons (Fsp3) is 0.167. The van der Waals surface area contributed by atoms with Gasteiger partial charge in [-0.25, -0.2) is 0 Å². The molecule has 0 aliphatic rings. The normalized spacial score (nSPS) is 11.1. The smallest absolute Gasteiger partial charge is 0.128 e. The SMILES string of the molecule is BrCCOc1ccc2ccccc2c1-c1c(OCCBr)ccc2ccccc12.OCCOc1ccc2ccccc2c1-c1c(OCCO)ccc2ccccc12. The molecular weight excluding hydrogens is 832 g/mol. The predicted molar refractivity (Wildman–Crippen MR) is 238 cm³/mol. The number of aliphatic hydroxyl groups excluding tert-OH is 2. The second-order valence-electron chi connectivity index (χ2n) is 12.9. The van der Waals surface area contributed by atoms with E-state index < -0.39 is 0 Å². The Bertz CT molecular complexity index is 2210. The number of ether oxygens (including phenoxy) is 4. The van der Waals surface area contributed by atoms with Crippen molar-refractivity contribution in [2.75, 3.05) is 50.3 Å². The van der Waals surface area contributed by atoms with Crippen LogP contribution in [0.5, 0.6) is 23.0 Å². The Hall–Kier alpha value is -5.12. The van der Waals surface area contributed by atoms with Crippen LogP contribution in [0, 0.1) is 0 Å². The van der Waals surface area contributed by atoms with Crippen LogP contribution in [0.1, 0.15) is 0 Å². The molecule has 0 spiro atoms. The highest BCUT2D eigenvalue weighted by Gasteiger charge is 2.20. The van der Waals surface area contributed by atoms with Gasteiger partial charge in [0.2, 0.25) is 0 Å². The van der Waals surface area contributed by atoms with Gasteiger partial charge >= 0.3 is 0 Å². The van der Waals surface area contributed by atoms with Crippen LogP contribution in [-0.4, -0.2) is 60.5 Å². The lowest BCUT2D eigenvalue weighted by Gasteiger charge is -2.19. The molecule has 0 aliphatic carbocycles. The van der Waals surface area contributed by atoms with Crippen LogP contribution >= 0.6 is 31.9 Å². The summed E-state index contributed by atoms with van der Waals surface area (Å²) in [6, 6.07) is 49.4. The van der Waals surface area contributed by atoms with E-state index in [1.165, 1.54) is 10.8 Å². The lowest BCUT2D eigenvalue weighted by atomic mass is 9.92. The standard InChI is InChI=1S/C24H20Br2O2.C24H22O4/c2*25-13-15-27-21-11-9-17-5-1-3-7-19(17)23(21)24-20-8-4-2-6-18(20)10-12-22(24)28-16-14-26/h1-12H,13-16H2;1-12,25-26H,13-16H2. The van der Waals surface area contributed by atoms with Gasteiger partial charge < -0.3 is 29.2 Å². The van der Waals surface area contributed by atoms with Gasteiger partial charge in [-0.2, -0.15) is 0 Å². The first kappa shape index (κ1) is 39.1. The Balaban J connectivity index is 0.000000172. The molecule has 56 heavy (non-hydrogen) atoms. The minimum atomic E-state index is -0.0598. The first-order chi connectivity index (χ1) is 27.7. The van der Waals surface area contributed by atoms with Crippen molar-refractivity contribution in [2.45, 2.75) is 0 Å². The molecule has 0 atom stereocenters. The molecule has 0 amide bonds. The summed E-state index contributed by atoms with van der Waals surface area (Å²) in [4.78, 5) is 0. The van der Waals surface area contributed by atoms with Gasteiger partial charge in [-0.15, -0.1) is 0 Å². The minimum absolute atomic E-state index is 0.0598. The van der Waals surface area contributed by atoms with E-state index in [9.17, 15) is 10.2 Å². The van der Waals surface area contributed by atoms with Crippen molar-refractivity contribution in [2.24, 2.45) is 0 Å². The third-order valence-corrected chi connectivity index (χ3v) is 10.1. The van der Waals surface area contributed by atoms with Gasteiger partial charge in [-0.05, 0) is 67.4 Å². The fourth-order valence-electron chi connectivity index (χ4n) is 7.13. The molecule has 0 unspecified atom stereocenters. The lowest BCUT2D eigenvalue weighted by Crippen LogP contribution is -2.05. The van der Waals surface area contributed by atoms with Crippen LogP contribution in [0.3, 0.4) is 0 Å². The Morgan fingerprint density at radius 1 is 0.321 bits per heavy atom. The topological polar surface area (TPSA) is 77.4 Å². The molecule has 8 rings (SSSR count). The maximum Gasteiger partial charge on any atom is 0.128 e.